The van der Waals surface area contributed by atoms with Crippen molar-refractivity contribution in [2.75, 3.05) is 49.5 Å². The smallest absolute Gasteiger partial charge is 0.270 e. The van der Waals surface area contributed by atoms with E-state index in [1.807, 2.05) is 65.6 Å². The summed E-state index contributed by atoms with van der Waals surface area (Å²) in [6.07, 6.45) is 0. The summed E-state index contributed by atoms with van der Waals surface area (Å²) >= 11 is 6.01. The molecule has 1 fully saturated rings. The number of hydrogen-bond donors (Lipinski definition) is 3. The Morgan fingerprint density at radius 2 is 1.76 bits per heavy atom. The fourth-order valence-electron chi connectivity index (χ4n) is 4.16. The molecule has 8 nitrogen and oxygen atoms in total. The van der Waals surface area contributed by atoms with Crippen molar-refractivity contribution in [1.29, 1.82) is 0 Å². The van der Waals surface area contributed by atoms with Crippen LogP contribution in [-0.4, -0.2) is 65.0 Å². The van der Waals surface area contributed by atoms with Gasteiger partial charge in [-0.2, -0.15) is 0 Å². The number of halogens is 1. The molecule has 2 aromatic carbocycles. The maximum atomic E-state index is 13.3. The molecule has 0 unspecified atom stereocenters. The van der Waals surface area contributed by atoms with E-state index in [2.05, 4.69) is 15.2 Å². The molecule has 5 rings (SSSR count). The van der Waals surface area contributed by atoms with Gasteiger partial charge in [0.2, 0.25) is 0 Å². The highest BCUT2D eigenvalue weighted by atomic mass is 35.5. The van der Waals surface area contributed by atoms with Gasteiger partial charge in [0.05, 0.1) is 5.39 Å². The van der Waals surface area contributed by atoms with Crippen molar-refractivity contribution in [2.45, 2.75) is 0 Å². The van der Waals surface area contributed by atoms with E-state index in [4.69, 9.17) is 27.3 Å². The van der Waals surface area contributed by atoms with E-state index in [-0.39, 0.29) is 5.91 Å². The van der Waals surface area contributed by atoms with Crippen molar-refractivity contribution >= 4 is 40.0 Å². The van der Waals surface area contributed by atoms with Gasteiger partial charge in [-0.3, -0.25) is 4.79 Å². The van der Waals surface area contributed by atoms with Crippen LogP contribution in [0.25, 0.3) is 22.4 Å². The summed E-state index contributed by atoms with van der Waals surface area (Å²) in [5.41, 5.74) is 8.84. The first kappa shape index (κ1) is 22.2. The van der Waals surface area contributed by atoms with E-state index in [0.717, 1.165) is 34.7 Å². The molecule has 174 valence electrons. The number of benzene rings is 2. The lowest BCUT2D eigenvalue weighted by atomic mass is 10.2. The van der Waals surface area contributed by atoms with Crippen LogP contribution < -0.4 is 16.0 Å². The zero-order valence-corrected chi connectivity index (χ0v) is 19.4. The number of H-pyrrole nitrogens is 1. The molecule has 0 radical (unpaired) electrons. The molecule has 1 saturated heterocycles. The van der Waals surface area contributed by atoms with Crippen LogP contribution in [0.15, 0.2) is 60.7 Å². The molecule has 34 heavy (non-hydrogen) atoms. The number of aromatic nitrogens is 3. The van der Waals surface area contributed by atoms with Crippen molar-refractivity contribution in [3.63, 3.8) is 0 Å². The standard InChI is InChI=1S/C25H26ClN7O/c26-18-6-8-19(9-7-18)32-12-14-33(15-13-32)25(34)21-16-20-23(28-11-10-27)30-22(31-24(20)29-21)17-4-2-1-3-5-17/h1-9,16H,10-15,27H2,(H2,28,29,30,31). The third-order valence-corrected chi connectivity index (χ3v) is 6.20. The summed E-state index contributed by atoms with van der Waals surface area (Å²) < 4.78 is 0. The van der Waals surface area contributed by atoms with Gasteiger partial charge in [0.15, 0.2) is 5.82 Å². The summed E-state index contributed by atoms with van der Waals surface area (Å²) in [6.45, 7) is 3.83. The molecule has 0 bridgehead atoms. The summed E-state index contributed by atoms with van der Waals surface area (Å²) in [5.74, 6) is 1.21. The van der Waals surface area contributed by atoms with E-state index in [1.165, 1.54) is 0 Å². The molecule has 1 aliphatic rings. The first-order valence-corrected chi connectivity index (χ1v) is 11.7. The van der Waals surface area contributed by atoms with Crippen molar-refractivity contribution < 1.29 is 4.79 Å². The number of carbonyl (C=O) groups excluding carboxylic acids is 1. The Kier molecular flexibility index (Phi) is 6.33. The Morgan fingerprint density at radius 3 is 2.47 bits per heavy atom. The lowest BCUT2D eigenvalue weighted by Gasteiger charge is -2.36. The Morgan fingerprint density at radius 1 is 1.03 bits per heavy atom. The summed E-state index contributed by atoms with van der Waals surface area (Å²) in [7, 11) is 0. The van der Waals surface area contributed by atoms with Gasteiger partial charge in [-0.15, -0.1) is 0 Å². The molecule has 4 aromatic rings. The molecule has 4 N–H and O–H groups in total. The maximum absolute atomic E-state index is 13.3. The van der Waals surface area contributed by atoms with Gasteiger partial charge in [0, 0.05) is 55.5 Å². The fraction of sp³-hybridized carbons (Fsp3) is 0.240. The van der Waals surface area contributed by atoms with Gasteiger partial charge in [0.25, 0.3) is 5.91 Å². The highest BCUT2D eigenvalue weighted by molar-refractivity contribution is 6.30. The number of nitrogens with one attached hydrogen (secondary N) is 2. The highest BCUT2D eigenvalue weighted by Crippen LogP contribution is 2.27. The summed E-state index contributed by atoms with van der Waals surface area (Å²) in [6, 6.07) is 19.4. The van der Waals surface area contributed by atoms with Crippen LogP contribution >= 0.6 is 11.6 Å². The van der Waals surface area contributed by atoms with Gasteiger partial charge < -0.3 is 25.8 Å². The minimum atomic E-state index is -0.0419. The molecular formula is C25H26ClN7O. The number of hydrogen-bond acceptors (Lipinski definition) is 6. The minimum Gasteiger partial charge on any atom is -0.368 e. The third kappa shape index (κ3) is 4.55. The van der Waals surface area contributed by atoms with Crippen LogP contribution in [0.2, 0.25) is 5.02 Å². The second kappa shape index (κ2) is 9.70. The fourth-order valence-corrected chi connectivity index (χ4v) is 4.28. The lowest BCUT2D eigenvalue weighted by Crippen LogP contribution is -2.48. The first-order chi connectivity index (χ1) is 16.6. The topological polar surface area (TPSA) is 103 Å². The van der Waals surface area contributed by atoms with Gasteiger partial charge >= 0.3 is 0 Å². The zero-order valence-electron chi connectivity index (χ0n) is 18.7. The van der Waals surface area contributed by atoms with Crippen LogP contribution in [-0.2, 0) is 0 Å². The zero-order chi connectivity index (χ0) is 23.5. The average Bonchev–Trinajstić information content (AvgIpc) is 3.32. The number of carbonyl (C=O) groups is 1. The Hall–Kier alpha value is -3.62. The first-order valence-electron chi connectivity index (χ1n) is 11.3. The molecule has 2 aromatic heterocycles. The van der Waals surface area contributed by atoms with Crippen LogP contribution in [0.5, 0.6) is 0 Å². The predicted octanol–water partition coefficient (Wildman–Crippen LogP) is 3.61. The molecule has 0 aliphatic carbocycles. The van der Waals surface area contributed by atoms with Crippen LogP contribution in [0.3, 0.4) is 0 Å². The monoisotopic (exact) mass is 475 g/mol. The molecule has 1 aliphatic heterocycles. The number of nitrogens with two attached hydrogens (primary N) is 1. The van der Waals surface area contributed by atoms with Crippen LogP contribution in [0.4, 0.5) is 11.5 Å². The normalized spacial score (nSPS) is 13.9. The highest BCUT2D eigenvalue weighted by Gasteiger charge is 2.24. The average molecular weight is 476 g/mol. The predicted molar refractivity (Wildman–Crippen MR) is 136 cm³/mol. The number of nitrogens with zero attached hydrogens (tertiary/aromatic N) is 4. The second-order valence-corrected chi connectivity index (χ2v) is 8.61. The molecule has 0 spiro atoms. The minimum absolute atomic E-state index is 0.0419. The quantitative estimate of drug-likeness (QED) is 0.393. The van der Waals surface area contributed by atoms with Crippen LogP contribution in [0, 0.1) is 0 Å². The number of aromatic amines is 1. The largest absolute Gasteiger partial charge is 0.368 e. The lowest BCUT2D eigenvalue weighted by molar-refractivity contribution is 0.0742. The summed E-state index contributed by atoms with van der Waals surface area (Å²) in [4.78, 5) is 30.1. The van der Waals surface area contributed by atoms with Gasteiger partial charge in [-0.1, -0.05) is 41.9 Å². The Bertz CT molecular complexity index is 1280. The summed E-state index contributed by atoms with van der Waals surface area (Å²) in [5, 5.41) is 4.76. The molecule has 1 amide bonds. The van der Waals surface area contributed by atoms with Crippen molar-refractivity contribution in [1.82, 2.24) is 19.9 Å². The van der Waals surface area contributed by atoms with Gasteiger partial charge in [-0.25, -0.2) is 9.97 Å². The SMILES string of the molecule is NCCNc1nc(-c2ccccc2)nc2[nH]c(C(=O)N3CCN(c4ccc(Cl)cc4)CC3)cc12. The van der Waals surface area contributed by atoms with E-state index in [1.54, 1.807) is 0 Å². The number of amides is 1. The molecule has 9 heteroatoms. The van der Waals surface area contributed by atoms with Crippen molar-refractivity contribution in [2.24, 2.45) is 5.73 Å². The Labute approximate surface area is 202 Å². The second-order valence-electron chi connectivity index (χ2n) is 8.18. The van der Waals surface area contributed by atoms with Crippen molar-refractivity contribution in [3.05, 3.63) is 71.4 Å². The Balaban J connectivity index is 1.38. The number of piperazine rings is 1. The van der Waals surface area contributed by atoms with Crippen LogP contribution in [0.1, 0.15) is 10.5 Å². The maximum Gasteiger partial charge on any atom is 0.270 e. The van der Waals surface area contributed by atoms with E-state index < -0.39 is 0 Å². The van der Waals surface area contributed by atoms with E-state index in [0.29, 0.717) is 49.2 Å². The molecule has 0 atom stereocenters. The number of rotatable bonds is 6. The number of fused-ring (bicyclic) bond motifs is 1. The molecule has 3 heterocycles. The molecular weight excluding hydrogens is 450 g/mol. The number of anilines is 2. The van der Waals surface area contributed by atoms with Crippen molar-refractivity contribution in [3.8, 4) is 11.4 Å². The molecule has 0 saturated carbocycles. The van der Waals surface area contributed by atoms with Gasteiger partial charge in [0.1, 0.15) is 17.2 Å². The van der Waals surface area contributed by atoms with E-state index >= 15 is 0 Å². The van der Waals surface area contributed by atoms with Gasteiger partial charge in [-0.05, 0) is 30.3 Å². The third-order valence-electron chi connectivity index (χ3n) is 5.95. The van der Waals surface area contributed by atoms with E-state index in [9.17, 15) is 4.79 Å².